The topological polar surface area (TPSA) is 92.2 Å². The predicted molar refractivity (Wildman–Crippen MR) is 125 cm³/mol. The maximum atomic E-state index is 14.4. The number of pyridine rings is 1. The molecule has 1 aliphatic rings. The van der Waals surface area contributed by atoms with Crippen molar-refractivity contribution in [3.8, 4) is 11.1 Å². The van der Waals surface area contributed by atoms with Gasteiger partial charge in [-0.3, -0.25) is 4.98 Å². The van der Waals surface area contributed by atoms with Gasteiger partial charge in [0.2, 0.25) is 0 Å². The van der Waals surface area contributed by atoms with E-state index in [1.54, 1.807) is 11.9 Å². The fourth-order valence-corrected chi connectivity index (χ4v) is 4.26. The van der Waals surface area contributed by atoms with Gasteiger partial charge in [0.25, 0.3) is 0 Å². The van der Waals surface area contributed by atoms with Gasteiger partial charge in [-0.25, -0.2) is 8.78 Å². The van der Waals surface area contributed by atoms with Crippen LogP contribution in [-0.2, 0) is 6.54 Å². The quantitative estimate of drug-likeness (QED) is 0.436. The van der Waals surface area contributed by atoms with Gasteiger partial charge < -0.3 is 27.0 Å². The van der Waals surface area contributed by atoms with E-state index < -0.39 is 23.8 Å². The lowest BCUT2D eigenvalue weighted by Crippen LogP contribution is -2.42. The number of aromatic nitrogens is 1. The number of benzene rings is 2. The minimum absolute atomic E-state index is 0.290. The average Bonchev–Trinajstić information content (AvgIpc) is 3.09. The van der Waals surface area contributed by atoms with Crippen LogP contribution in [0.5, 0.6) is 0 Å². The molecule has 1 aromatic heterocycles. The van der Waals surface area contributed by atoms with E-state index in [2.05, 4.69) is 29.5 Å². The number of likely N-dealkylation sites (N-methyl/N-ethyl adjacent to an activating group) is 1. The maximum absolute atomic E-state index is 14.4. The molecule has 4 rings (SSSR count). The van der Waals surface area contributed by atoms with E-state index in [0.29, 0.717) is 11.4 Å². The maximum Gasteiger partial charge on any atom is 0.151 e. The second kappa shape index (κ2) is 8.72. The highest BCUT2D eigenvalue weighted by atomic mass is 19.1. The first-order valence-electron chi connectivity index (χ1n) is 10.6. The summed E-state index contributed by atoms with van der Waals surface area (Å²) in [6.07, 6.45) is 3.21. The second-order valence-corrected chi connectivity index (χ2v) is 8.10. The van der Waals surface area contributed by atoms with Crippen LogP contribution in [0.25, 0.3) is 11.1 Å². The van der Waals surface area contributed by atoms with Crippen molar-refractivity contribution in [3.63, 3.8) is 0 Å². The largest absolute Gasteiger partial charge is 0.398 e. The molecule has 8 heteroatoms. The molecule has 0 spiro atoms. The second-order valence-electron chi connectivity index (χ2n) is 8.10. The van der Waals surface area contributed by atoms with Crippen LogP contribution in [0.15, 0.2) is 42.7 Å². The summed E-state index contributed by atoms with van der Waals surface area (Å²) in [4.78, 5) is 6.09. The Morgan fingerprint density at radius 1 is 1.22 bits per heavy atom. The van der Waals surface area contributed by atoms with Crippen molar-refractivity contribution in [2.24, 2.45) is 5.73 Å². The summed E-state index contributed by atoms with van der Waals surface area (Å²) >= 11 is 0. The Kier molecular flexibility index (Phi) is 5.99. The number of halogens is 2. The van der Waals surface area contributed by atoms with Gasteiger partial charge in [-0.05, 0) is 53.9 Å². The Bertz CT molecular complexity index is 1150. The van der Waals surface area contributed by atoms with Crippen molar-refractivity contribution in [2.75, 3.05) is 29.5 Å². The number of rotatable bonds is 6. The van der Waals surface area contributed by atoms with E-state index in [1.807, 2.05) is 30.6 Å². The molecule has 2 atom stereocenters. The van der Waals surface area contributed by atoms with E-state index in [1.165, 1.54) is 6.07 Å². The van der Waals surface area contributed by atoms with Gasteiger partial charge in [-0.15, -0.1) is 0 Å². The Hall–Kier alpha value is -3.23. The van der Waals surface area contributed by atoms with Gasteiger partial charge in [-0.2, -0.15) is 0 Å². The Labute approximate surface area is 186 Å². The fraction of sp³-hybridized carbons (Fsp3) is 0.292. The zero-order valence-electron chi connectivity index (χ0n) is 18.4. The monoisotopic (exact) mass is 438 g/mol. The first kappa shape index (κ1) is 22.0. The smallest absolute Gasteiger partial charge is 0.151 e. The molecular formula is C24H28F2N6. The number of nitrogens with two attached hydrogens (primary N) is 2. The van der Waals surface area contributed by atoms with Crippen LogP contribution in [0.3, 0.4) is 0 Å². The third-order valence-corrected chi connectivity index (χ3v) is 6.08. The van der Waals surface area contributed by atoms with Crippen LogP contribution < -0.4 is 27.0 Å². The molecule has 2 unspecified atom stereocenters. The molecule has 0 radical (unpaired) electrons. The molecular weight excluding hydrogens is 410 g/mol. The lowest BCUT2D eigenvalue weighted by Gasteiger charge is -2.29. The van der Waals surface area contributed by atoms with Crippen molar-refractivity contribution in [3.05, 3.63) is 71.1 Å². The van der Waals surface area contributed by atoms with Gasteiger partial charge in [0.1, 0.15) is 12.0 Å². The molecule has 0 saturated carbocycles. The molecule has 3 aromatic rings. The van der Waals surface area contributed by atoms with E-state index in [0.717, 1.165) is 47.0 Å². The number of anilines is 3. The van der Waals surface area contributed by atoms with Gasteiger partial charge >= 0.3 is 0 Å². The molecule has 6 N–H and O–H groups in total. The van der Waals surface area contributed by atoms with Crippen molar-refractivity contribution < 1.29 is 8.78 Å². The molecule has 0 fully saturated rings. The van der Waals surface area contributed by atoms with Crippen molar-refractivity contribution in [2.45, 2.75) is 32.6 Å². The molecule has 6 nitrogen and oxygen atoms in total. The number of nitrogens with zero attached hydrogens (tertiary/aromatic N) is 2. The number of hydrogen-bond acceptors (Lipinski definition) is 6. The first-order valence-corrected chi connectivity index (χ1v) is 10.6. The van der Waals surface area contributed by atoms with Crippen LogP contribution in [0.1, 0.15) is 29.7 Å². The van der Waals surface area contributed by atoms with E-state index in [9.17, 15) is 8.78 Å². The minimum Gasteiger partial charge on any atom is -0.398 e. The molecule has 1 aliphatic heterocycles. The fourth-order valence-electron chi connectivity index (χ4n) is 4.26. The molecule has 0 aliphatic carbocycles. The summed E-state index contributed by atoms with van der Waals surface area (Å²) in [5.74, 6) is -1.27. The lowest BCUT2D eigenvalue weighted by molar-refractivity contribution is 0.567. The third-order valence-electron chi connectivity index (χ3n) is 6.08. The standard InChI is InChI=1S/C24H28F2N6/c1-4-29-10-15-11-30-12-18(13(15)2)14-5-6-20(27)17(7-14)22(28)24-31-21-9-16(25)8-19(26)23(21)32(24)3/h5-9,11-12,22,24,29,31H,4,10,27-28H2,1-3H3. The molecule has 0 amide bonds. The molecule has 168 valence electrons. The number of nitrogens with one attached hydrogen (secondary N) is 2. The van der Waals surface area contributed by atoms with Gasteiger partial charge in [0.15, 0.2) is 5.82 Å². The minimum atomic E-state index is -0.640. The summed E-state index contributed by atoms with van der Waals surface area (Å²) in [5, 5.41) is 6.47. The van der Waals surface area contributed by atoms with E-state index in [4.69, 9.17) is 11.5 Å². The summed E-state index contributed by atoms with van der Waals surface area (Å²) in [5.41, 5.74) is 19.0. The lowest BCUT2D eigenvalue weighted by atomic mass is 9.94. The number of fused-ring (bicyclic) bond motifs is 1. The average molecular weight is 439 g/mol. The van der Waals surface area contributed by atoms with Crippen LogP contribution in [0, 0.1) is 18.6 Å². The molecule has 0 saturated heterocycles. The van der Waals surface area contributed by atoms with Crippen molar-refractivity contribution >= 4 is 17.1 Å². The highest BCUT2D eigenvalue weighted by Crippen LogP contribution is 2.41. The third kappa shape index (κ3) is 3.87. The predicted octanol–water partition coefficient (Wildman–Crippen LogP) is 3.91. The highest BCUT2D eigenvalue weighted by molar-refractivity contribution is 5.77. The van der Waals surface area contributed by atoms with Crippen LogP contribution >= 0.6 is 0 Å². The van der Waals surface area contributed by atoms with Crippen LogP contribution in [0.4, 0.5) is 25.8 Å². The Morgan fingerprint density at radius 3 is 2.75 bits per heavy atom. The summed E-state index contributed by atoms with van der Waals surface area (Å²) in [7, 11) is 1.72. The van der Waals surface area contributed by atoms with Crippen molar-refractivity contribution in [1.29, 1.82) is 0 Å². The highest BCUT2D eigenvalue weighted by Gasteiger charge is 2.34. The Balaban J connectivity index is 1.68. The molecule has 2 heterocycles. The van der Waals surface area contributed by atoms with E-state index >= 15 is 0 Å². The van der Waals surface area contributed by atoms with Crippen LogP contribution in [0.2, 0.25) is 0 Å². The normalized spacial score (nSPS) is 16.1. The van der Waals surface area contributed by atoms with Gasteiger partial charge in [0.05, 0.1) is 17.4 Å². The SMILES string of the molecule is CCNCc1cncc(-c2ccc(N)c(C(N)C3Nc4cc(F)cc(F)c4N3C)c2)c1C. The number of nitrogen functional groups attached to an aromatic ring is 1. The number of hydrogen-bond donors (Lipinski definition) is 4. The zero-order chi connectivity index (χ0) is 23.0. The summed E-state index contributed by atoms with van der Waals surface area (Å²) < 4.78 is 28.1. The summed E-state index contributed by atoms with van der Waals surface area (Å²) in [6, 6.07) is 7.28. The van der Waals surface area contributed by atoms with E-state index in [-0.39, 0.29) is 5.69 Å². The Morgan fingerprint density at radius 2 is 2.00 bits per heavy atom. The zero-order valence-corrected chi connectivity index (χ0v) is 18.4. The summed E-state index contributed by atoms with van der Waals surface area (Å²) in [6.45, 7) is 5.74. The van der Waals surface area contributed by atoms with Crippen molar-refractivity contribution in [1.82, 2.24) is 10.3 Å². The molecule has 0 bridgehead atoms. The van der Waals surface area contributed by atoms with Gasteiger partial charge in [-0.1, -0.05) is 13.0 Å². The first-order chi connectivity index (χ1) is 15.3. The van der Waals surface area contributed by atoms with Crippen LogP contribution in [-0.4, -0.2) is 24.7 Å². The molecule has 32 heavy (non-hydrogen) atoms. The van der Waals surface area contributed by atoms with Gasteiger partial charge in [0, 0.05) is 43.3 Å². The molecule has 2 aromatic carbocycles.